The maximum Gasteiger partial charge on any atom is 0.272 e. The molecule has 1 atom stereocenters. The van der Waals surface area contributed by atoms with Crippen LogP contribution in [-0.4, -0.2) is 21.7 Å². The van der Waals surface area contributed by atoms with Gasteiger partial charge >= 0.3 is 0 Å². The molecule has 1 aromatic carbocycles. The summed E-state index contributed by atoms with van der Waals surface area (Å²) >= 11 is 0. The van der Waals surface area contributed by atoms with Gasteiger partial charge in [0, 0.05) is 18.1 Å². The maximum absolute atomic E-state index is 12.5. The molecule has 2 aliphatic rings. The van der Waals surface area contributed by atoms with Crippen molar-refractivity contribution in [3.8, 4) is 5.75 Å². The van der Waals surface area contributed by atoms with Crippen LogP contribution in [0.3, 0.4) is 0 Å². The van der Waals surface area contributed by atoms with Gasteiger partial charge in [0.2, 0.25) is 0 Å². The molecule has 0 radical (unpaired) electrons. The van der Waals surface area contributed by atoms with E-state index < -0.39 is 0 Å². The number of rotatable bonds is 2. The summed E-state index contributed by atoms with van der Waals surface area (Å²) in [4.78, 5) is 23.6. The number of hydrogen-bond donors (Lipinski definition) is 2. The van der Waals surface area contributed by atoms with Crippen molar-refractivity contribution < 1.29 is 9.53 Å². The first-order valence-corrected chi connectivity index (χ1v) is 8.30. The highest BCUT2D eigenvalue weighted by molar-refractivity contribution is 5.92. The van der Waals surface area contributed by atoms with Gasteiger partial charge in [0.15, 0.2) is 0 Å². The number of ether oxygens (including phenoxy) is 1. The van der Waals surface area contributed by atoms with Crippen molar-refractivity contribution in [3.63, 3.8) is 0 Å². The van der Waals surface area contributed by atoms with E-state index in [1.807, 2.05) is 24.3 Å². The average molecular weight is 325 g/mol. The predicted molar refractivity (Wildman–Crippen MR) is 88.0 cm³/mol. The van der Waals surface area contributed by atoms with Crippen LogP contribution in [0.25, 0.3) is 0 Å². The van der Waals surface area contributed by atoms with Gasteiger partial charge in [-0.2, -0.15) is 5.10 Å². The Labute approximate surface area is 139 Å². The summed E-state index contributed by atoms with van der Waals surface area (Å²) in [6, 6.07) is 10.5. The topological polar surface area (TPSA) is 84.1 Å². The Bertz CT molecular complexity index is 804. The fourth-order valence-corrected chi connectivity index (χ4v) is 3.78. The summed E-state index contributed by atoms with van der Waals surface area (Å²) < 4.78 is 6.30. The Morgan fingerprint density at radius 3 is 2.75 bits per heavy atom. The molecule has 2 heterocycles. The van der Waals surface area contributed by atoms with E-state index in [2.05, 4.69) is 15.5 Å². The van der Waals surface area contributed by atoms with Gasteiger partial charge in [-0.05, 0) is 37.8 Å². The minimum Gasteiger partial charge on any atom is -0.487 e. The number of amides is 1. The van der Waals surface area contributed by atoms with E-state index in [0.29, 0.717) is 0 Å². The number of para-hydroxylation sites is 1. The molecule has 2 N–H and O–H groups in total. The molecule has 6 nitrogen and oxygen atoms in total. The molecule has 1 aliphatic carbocycles. The lowest BCUT2D eigenvalue weighted by Crippen LogP contribution is -2.43. The highest BCUT2D eigenvalue weighted by atomic mass is 16.5. The van der Waals surface area contributed by atoms with Gasteiger partial charge in [-0.1, -0.05) is 18.2 Å². The molecular formula is C18H19N3O3. The van der Waals surface area contributed by atoms with Crippen LogP contribution in [0, 0.1) is 0 Å². The first-order chi connectivity index (χ1) is 11.7. The monoisotopic (exact) mass is 325 g/mol. The second-order valence-electron chi connectivity index (χ2n) is 6.57. The minimum atomic E-state index is -0.326. The lowest BCUT2D eigenvalue weighted by molar-refractivity contribution is 0.0360. The lowest BCUT2D eigenvalue weighted by Gasteiger charge is -2.40. The summed E-state index contributed by atoms with van der Waals surface area (Å²) in [6.07, 6.45) is 5.11. The number of benzene rings is 1. The average Bonchev–Trinajstić information content (AvgIpc) is 3.03. The largest absolute Gasteiger partial charge is 0.487 e. The summed E-state index contributed by atoms with van der Waals surface area (Å²) in [5.41, 5.74) is 0.699. The molecule has 124 valence electrons. The van der Waals surface area contributed by atoms with Crippen LogP contribution >= 0.6 is 0 Å². The van der Waals surface area contributed by atoms with Crippen LogP contribution in [-0.2, 0) is 0 Å². The molecule has 1 spiro atoms. The van der Waals surface area contributed by atoms with Crippen LogP contribution in [0.2, 0.25) is 0 Å². The highest BCUT2D eigenvalue weighted by Crippen LogP contribution is 2.46. The van der Waals surface area contributed by atoms with E-state index in [9.17, 15) is 9.59 Å². The Balaban J connectivity index is 1.62. The number of carbonyl (C=O) groups excluding carboxylic acids is 1. The number of carbonyl (C=O) groups is 1. The normalized spacial score (nSPS) is 21.1. The van der Waals surface area contributed by atoms with Gasteiger partial charge in [0.1, 0.15) is 17.0 Å². The van der Waals surface area contributed by atoms with Gasteiger partial charge in [-0.15, -0.1) is 0 Å². The minimum absolute atomic E-state index is 0.116. The smallest absolute Gasteiger partial charge is 0.272 e. The van der Waals surface area contributed by atoms with E-state index in [4.69, 9.17) is 4.74 Å². The molecule has 1 unspecified atom stereocenters. The molecule has 0 saturated heterocycles. The van der Waals surface area contributed by atoms with Gasteiger partial charge in [-0.3, -0.25) is 9.59 Å². The van der Waals surface area contributed by atoms with E-state index in [1.54, 1.807) is 0 Å². The van der Waals surface area contributed by atoms with Gasteiger partial charge in [-0.25, -0.2) is 5.10 Å². The fraction of sp³-hybridized carbons (Fsp3) is 0.389. The number of aromatic nitrogens is 2. The SMILES string of the molecule is O=C(NC1CC2(CCCC2)Oc2ccccc21)c1ccc(=O)[nH]n1. The van der Waals surface area contributed by atoms with Gasteiger partial charge in [0.25, 0.3) is 11.5 Å². The zero-order valence-corrected chi connectivity index (χ0v) is 13.2. The summed E-state index contributed by atoms with van der Waals surface area (Å²) in [6.45, 7) is 0. The molecule has 0 bridgehead atoms. The van der Waals surface area contributed by atoms with Crippen LogP contribution < -0.4 is 15.6 Å². The zero-order valence-electron chi connectivity index (χ0n) is 13.2. The molecule has 4 rings (SSSR count). The first-order valence-electron chi connectivity index (χ1n) is 8.30. The number of H-pyrrole nitrogens is 1. The van der Waals surface area contributed by atoms with Crippen LogP contribution in [0.5, 0.6) is 5.75 Å². The van der Waals surface area contributed by atoms with Crippen molar-refractivity contribution in [3.05, 3.63) is 58.0 Å². The number of nitrogens with one attached hydrogen (secondary N) is 2. The standard InChI is InChI=1S/C18H19N3O3/c22-16-8-7-13(20-21-16)17(23)19-14-11-18(9-3-4-10-18)24-15-6-2-1-5-12(14)15/h1-2,5-8,14H,3-4,9-11H2,(H,19,23)(H,21,22). The number of nitrogens with zero attached hydrogens (tertiary/aromatic N) is 1. The molecule has 1 aromatic heterocycles. The molecule has 1 aliphatic heterocycles. The predicted octanol–water partition coefficient (Wildman–Crippen LogP) is 2.34. The third-order valence-corrected chi connectivity index (χ3v) is 4.93. The Morgan fingerprint density at radius 2 is 2.00 bits per heavy atom. The number of aromatic amines is 1. The summed E-state index contributed by atoms with van der Waals surface area (Å²) in [7, 11) is 0. The fourth-order valence-electron chi connectivity index (χ4n) is 3.78. The molecule has 6 heteroatoms. The second-order valence-corrected chi connectivity index (χ2v) is 6.57. The third kappa shape index (κ3) is 2.68. The second kappa shape index (κ2) is 5.78. The molecule has 1 saturated carbocycles. The van der Waals surface area contributed by atoms with Crippen molar-refractivity contribution in [1.82, 2.24) is 15.5 Å². The highest BCUT2D eigenvalue weighted by Gasteiger charge is 2.43. The van der Waals surface area contributed by atoms with Crippen molar-refractivity contribution in [2.24, 2.45) is 0 Å². The van der Waals surface area contributed by atoms with E-state index in [1.165, 1.54) is 12.1 Å². The van der Waals surface area contributed by atoms with Gasteiger partial charge in [0.05, 0.1) is 6.04 Å². The van der Waals surface area contributed by atoms with E-state index >= 15 is 0 Å². The molecule has 24 heavy (non-hydrogen) atoms. The van der Waals surface area contributed by atoms with Gasteiger partial charge < -0.3 is 10.1 Å². The molecule has 1 amide bonds. The quantitative estimate of drug-likeness (QED) is 0.887. The summed E-state index contributed by atoms with van der Waals surface area (Å²) in [5.74, 6) is 0.562. The number of fused-ring (bicyclic) bond motifs is 1. The van der Waals surface area contributed by atoms with Crippen LogP contribution in [0.15, 0.2) is 41.2 Å². The zero-order chi connectivity index (χ0) is 16.6. The van der Waals surface area contributed by atoms with E-state index in [0.717, 1.165) is 43.4 Å². The van der Waals surface area contributed by atoms with Crippen molar-refractivity contribution in [2.75, 3.05) is 0 Å². The van der Waals surface area contributed by atoms with Crippen LogP contribution in [0.4, 0.5) is 0 Å². The van der Waals surface area contributed by atoms with Crippen molar-refractivity contribution in [2.45, 2.75) is 43.7 Å². The Morgan fingerprint density at radius 1 is 1.21 bits per heavy atom. The Hall–Kier alpha value is -2.63. The van der Waals surface area contributed by atoms with Crippen LogP contribution in [0.1, 0.15) is 54.2 Å². The third-order valence-electron chi connectivity index (χ3n) is 4.93. The maximum atomic E-state index is 12.5. The van der Waals surface area contributed by atoms with Crippen molar-refractivity contribution in [1.29, 1.82) is 0 Å². The number of hydrogen-bond acceptors (Lipinski definition) is 4. The molecule has 2 aromatic rings. The first kappa shape index (κ1) is 14.9. The lowest BCUT2D eigenvalue weighted by atomic mass is 9.86. The van der Waals surface area contributed by atoms with Crippen molar-refractivity contribution >= 4 is 5.91 Å². The molecular weight excluding hydrogens is 306 g/mol. The van der Waals surface area contributed by atoms with E-state index in [-0.39, 0.29) is 28.8 Å². The summed E-state index contributed by atoms with van der Waals surface area (Å²) in [5, 5.41) is 9.16. The molecule has 1 fully saturated rings. The Kier molecular flexibility index (Phi) is 3.59.